The molecule has 4 rings (SSSR count). The summed E-state index contributed by atoms with van der Waals surface area (Å²) >= 11 is 0. The number of hydrogen-bond donors (Lipinski definition) is 2. The van der Waals surface area contributed by atoms with Crippen LogP contribution in [0.5, 0.6) is 5.75 Å². The number of fused-ring (bicyclic) bond motifs is 3. The normalized spacial score (nSPS) is 11.2. The van der Waals surface area contributed by atoms with Gasteiger partial charge in [0.05, 0.1) is 23.8 Å². The SMILES string of the molecule is COc1ccc(C)c(-n2[nH]c3c(c(=O)[nH]c4ccccc43)c2=O)c1. The lowest BCUT2D eigenvalue weighted by Crippen LogP contribution is -2.20. The van der Waals surface area contributed by atoms with Crippen molar-refractivity contribution >= 4 is 21.8 Å². The van der Waals surface area contributed by atoms with Gasteiger partial charge in [-0.05, 0) is 24.6 Å². The van der Waals surface area contributed by atoms with Gasteiger partial charge in [-0.2, -0.15) is 0 Å². The van der Waals surface area contributed by atoms with Crippen LogP contribution in [0.15, 0.2) is 52.1 Å². The number of ether oxygens (including phenoxy) is 1. The van der Waals surface area contributed by atoms with E-state index >= 15 is 0 Å². The molecule has 0 spiro atoms. The number of benzene rings is 2. The second-order valence-electron chi connectivity index (χ2n) is 5.65. The van der Waals surface area contributed by atoms with Gasteiger partial charge < -0.3 is 9.72 Å². The van der Waals surface area contributed by atoms with Gasteiger partial charge in [0.2, 0.25) is 0 Å². The third-order valence-electron chi connectivity index (χ3n) is 4.22. The molecule has 4 aromatic rings. The summed E-state index contributed by atoms with van der Waals surface area (Å²) in [5.74, 6) is 0.639. The second kappa shape index (κ2) is 5.13. The lowest BCUT2D eigenvalue weighted by Gasteiger charge is -2.08. The number of aryl methyl sites for hydroxylation is 1. The van der Waals surface area contributed by atoms with Crippen molar-refractivity contribution < 1.29 is 4.74 Å². The van der Waals surface area contributed by atoms with Crippen LogP contribution >= 0.6 is 0 Å². The number of rotatable bonds is 2. The van der Waals surface area contributed by atoms with E-state index < -0.39 is 5.56 Å². The van der Waals surface area contributed by atoms with Gasteiger partial charge in [0.1, 0.15) is 11.1 Å². The van der Waals surface area contributed by atoms with Crippen LogP contribution in [0.1, 0.15) is 5.56 Å². The van der Waals surface area contributed by atoms with Crippen molar-refractivity contribution in [1.82, 2.24) is 14.8 Å². The average molecular weight is 321 g/mol. The van der Waals surface area contributed by atoms with Crippen molar-refractivity contribution in [2.75, 3.05) is 7.11 Å². The van der Waals surface area contributed by atoms with E-state index in [-0.39, 0.29) is 10.9 Å². The molecule has 0 aliphatic rings. The highest BCUT2D eigenvalue weighted by atomic mass is 16.5. The quantitative estimate of drug-likeness (QED) is 0.595. The molecule has 0 bridgehead atoms. The van der Waals surface area contributed by atoms with Crippen LogP contribution < -0.4 is 15.9 Å². The average Bonchev–Trinajstić information content (AvgIpc) is 2.94. The molecular formula is C18H15N3O3. The Labute approximate surface area is 136 Å². The summed E-state index contributed by atoms with van der Waals surface area (Å²) in [6.07, 6.45) is 0. The number of methoxy groups -OCH3 is 1. The minimum atomic E-state index is -0.399. The molecule has 6 nitrogen and oxygen atoms in total. The maximum Gasteiger partial charge on any atom is 0.284 e. The Hall–Kier alpha value is -3.28. The maximum absolute atomic E-state index is 12.8. The largest absolute Gasteiger partial charge is 0.497 e. The molecule has 24 heavy (non-hydrogen) atoms. The van der Waals surface area contributed by atoms with Gasteiger partial charge in [0.25, 0.3) is 11.1 Å². The fourth-order valence-corrected chi connectivity index (χ4v) is 2.96. The second-order valence-corrected chi connectivity index (χ2v) is 5.65. The number of aromatic amines is 2. The smallest absolute Gasteiger partial charge is 0.284 e. The topological polar surface area (TPSA) is 79.9 Å². The summed E-state index contributed by atoms with van der Waals surface area (Å²) in [4.78, 5) is 27.9. The van der Waals surface area contributed by atoms with Crippen molar-refractivity contribution in [3.63, 3.8) is 0 Å². The van der Waals surface area contributed by atoms with Gasteiger partial charge in [-0.15, -0.1) is 0 Å². The van der Waals surface area contributed by atoms with Crippen molar-refractivity contribution in [2.24, 2.45) is 0 Å². The first-order valence-electron chi connectivity index (χ1n) is 7.51. The molecule has 2 heterocycles. The highest BCUT2D eigenvalue weighted by molar-refractivity contribution is 6.02. The molecule has 6 heteroatoms. The van der Waals surface area contributed by atoms with E-state index in [0.29, 0.717) is 22.5 Å². The fourth-order valence-electron chi connectivity index (χ4n) is 2.96. The van der Waals surface area contributed by atoms with Crippen molar-refractivity contribution in [1.29, 1.82) is 0 Å². The zero-order valence-electron chi connectivity index (χ0n) is 13.2. The first-order valence-corrected chi connectivity index (χ1v) is 7.51. The van der Waals surface area contributed by atoms with E-state index in [1.54, 1.807) is 13.2 Å². The summed E-state index contributed by atoms with van der Waals surface area (Å²) in [7, 11) is 1.57. The first kappa shape index (κ1) is 14.3. The summed E-state index contributed by atoms with van der Waals surface area (Å²) in [6, 6.07) is 12.8. The molecule has 0 radical (unpaired) electrons. The monoisotopic (exact) mass is 321 g/mol. The fraction of sp³-hybridized carbons (Fsp3) is 0.111. The van der Waals surface area contributed by atoms with Crippen molar-refractivity contribution in [3.8, 4) is 11.4 Å². The maximum atomic E-state index is 12.8. The Morgan fingerprint density at radius 2 is 1.88 bits per heavy atom. The number of para-hydroxylation sites is 1. The van der Waals surface area contributed by atoms with Gasteiger partial charge in [0.15, 0.2) is 0 Å². The van der Waals surface area contributed by atoms with Crippen LogP contribution in [0.3, 0.4) is 0 Å². The van der Waals surface area contributed by atoms with Gasteiger partial charge in [-0.1, -0.05) is 24.3 Å². The molecule has 2 aromatic heterocycles. The number of nitrogens with one attached hydrogen (secondary N) is 2. The molecule has 0 fully saturated rings. The number of pyridine rings is 1. The van der Waals surface area contributed by atoms with Crippen molar-refractivity contribution in [3.05, 3.63) is 68.7 Å². The van der Waals surface area contributed by atoms with E-state index in [1.165, 1.54) is 4.68 Å². The van der Waals surface area contributed by atoms with Crippen LogP contribution in [0.25, 0.3) is 27.5 Å². The molecular weight excluding hydrogens is 306 g/mol. The molecule has 120 valence electrons. The predicted molar refractivity (Wildman–Crippen MR) is 93.3 cm³/mol. The molecule has 0 amide bonds. The van der Waals surface area contributed by atoms with Crippen LogP contribution in [0, 0.1) is 6.92 Å². The minimum absolute atomic E-state index is 0.121. The third kappa shape index (κ3) is 1.96. The van der Waals surface area contributed by atoms with E-state index in [1.807, 2.05) is 43.3 Å². The Bertz CT molecular complexity index is 1200. The van der Waals surface area contributed by atoms with Crippen LogP contribution in [0.4, 0.5) is 0 Å². The van der Waals surface area contributed by atoms with E-state index in [9.17, 15) is 9.59 Å². The van der Waals surface area contributed by atoms with Crippen LogP contribution in [0.2, 0.25) is 0 Å². The van der Waals surface area contributed by atoms with Crippen LogP contribution in [-0.4, -0.2) is 21.9 Å². The highest BCUT2D eigenvalue weighted by Gasteiger charge is 2.16. The molecule has 2 aromatic carbocycles. The molecule has 0 aliphatic carbocycles. The highest BCUT2D eigenvalue weighted by Crippen LogP contribution is 2.22. The Balaban J connectivity index is 2.14. The minimum Gasteiger partial charge on any atom is -0.497 e. The summed E-state index contributed by atoms with van der Waals surface area (Å²) in [5.41, 5.74) is 1.98. The van der Waals surface area contributed by atoms with Gasteiger partial charge >= 0.3 is 0 Å². The standard InChI is InChI=1S/C18H15N3O3/c1-10-7-8-11(24-2)9-14(10)21-18(23)15-16(20-21)12-5-3-4-6-13(12)19-17(15)22/h3-9,20H,1-2H3,(H,19,22). The molecule has 0 unspecified atom stereocenters. The number of hydrogen-bond acceptors (Lipinski definition) is 3. The zero-order valence-corrected chi connectivity index (χ0v) is 13.2. The van der Waals surface area contributed by atoms with E-state index in [0.717, 1.165) is 10.9 Å². The lowest BCUT2D eigenvalue weighted by molar-refractivity contribution is 0.414. The molecule has 0 saturated heterocycles. The summed E-state index contributed by atoms with van der Waals surface area (Å²) in [6.45, 7) is 1.90. The first-order chi connectivity index (χ1) is 11.6. The van der Waals surface area contributed by atoms with Gasteiger partial charge in [0, 0.05) is 11.5 Å². The Kier molecular flexibility index (Phi) is 3.06. The molecule has 0 aliphatic heterocycles. The molecule has 0 saturated carbocycles. The van der Waals surface area contributed by atoms with E-state index in [4.69, 9.17) is 4.74 Å². The molecule has 0 atom stereocenters. The lowest BCUT2D eigenvalue weighted by atomic mass is 10.2. The number of H-pyrrole nitrogens is 2. The summed E-state index contributed by atoms with van der Waals surface area (Å²) in [5, 5.41) is 4.00. The molecule has 2 N–H and O–H groups in total. The van der Waals surface area contributed by atoms with Gasteiger partial charge in [-0.25, -0.2) is 4.68 Å². The third-order valence-corrected chi connectivity index (χ3v) is 4.22. The van der Waals surface area contributed by atoms with E-state index in [2.05, 4.69) is 10.1 Å². The summed E-state index contributed by atoms with van der Waals surface area (Å²) < 4.78 is 6.64. The van der Waals surface area contributed by atoms with Crippen molar-refractivity contribution in [2.45, 2.75) is 6.92 Å². The Morgan fingerprint density at radius 1 is 1.08 bits per heavy atom. The number of aromatic nitrogens is 3. The predicted octanol–water partition coefficient (Wildman–Crippen LogP) is 2.48. The zero-order chi connectivity index (χ0) is 16.8. The van der Waals surface area contributed by atoms with Gasteiger partial charge in [-0.3, -0.25) is 14.7 Å². The Morgan fingerprint density at radius 3 is 2.67 bits per heavy atom. The van der Waals surface area contributed by atoms with Crippen LogP contribution in [-0.2, 0) is 0 Å². The number of nitrogens with zero attached hydrogens (tertiary/aromatic N) is 1.